The van der Waals surface area contributed by atoms with E-state index in [1.54, 1.807) is 12.1 Å². The molecule has 0 bridgehead atoms. The van der Waals surface area contributed by atoms with Crippen LogP contribution in [0.15, 0.2) is 36.5 Å². The second-order valence-electron chi connectivity index (χ2n) is 4.46. The zero-order valence-corrected chi connectivity index (χ0v) is 10.9. The van der Waals surface area contributed by atoms with E-state index in [1.165, 1.54) is 6.07 Å². The van der Waals surface area contributed by atoms with Crippen LogP contribution in [0.2, 0.25) is 0 Å². The second-order valence-corrected chi connectivity index (χ2v) is 4.46. The molecule has 2 rings (SSSR count). The van der Waals surface area contributed by atoms with E-state index < -0.39 is 0 Å². The van der Waals surface area contributed by atoms with Gasteiger partial charge < -0.3 is 5.32 Å². The largest absolute Gasteiger partial charge is 0.308 e. The lowest BCUT2D eigenvalue weighted by Gasteiger charge is -2.19. The third-order valence-electron chi connectivity index (χ3n) is 3.03. The maximum atomic E-state index is 13.9. The summed E-state index contributed by atoms with van der Waals surface area (Å²) in [7, 11) is 1.82. The average Bonchev–Trinajstić information content (AvgIpc) is 2.34. The smallest absolute Gasteiger partial charge is 0.128 e. The molecule has 2 nitrogen and oxygen atoms in total. The third-order valence-corrected chi connectivity index (χ3v) is 3.03. The Bertz CT molecular complexity index is 552. The van der Waals surface area contributed by atoms with Crippen molar-refractivity contribution in [3.05, 3.63) is 64.7 Å². The van der Waals surface area contributed by atoms with Crippen molar-refractivity contribution in [3.63, 3.8) is 0 Å². The molecular formula is C15H17FN2. The fraction of sp³-hybridized carbons (Fsp3) is 0.267. The highest BCUT2D eigenvalue weighted by Gasteiger charge is 2.18. The maximum absolute atomic E-state index is 13.9. The van der Waals surface area contributed by atoms with Crippen molar-refractivity contribution in [1.29, 1.82) is 0 Å². The molecule has 1 atom stereocenters. The van der Waals surface area contributed by atoms with Crippen molar-refractivity contribution in [2.45, 2.75) is 19.9 Å². The van der Waals surface area contributed by atoms with E-state index in [9.17, 15) is 4.39 Å². The number of nitrogens with zero attached hydrogens (tertiary/aromatic N) is 1. The monoisotopic (exact) mass is 244 g/mol. The van der Waals surface area contributed by atoms with Gasteiger partial charge in [0.2, 0.25) is 0 Å². The lowest BCUT2D eigenvalue weighted by Crippen LogP contribution is -2.21. The Morgan fingerprint density at radius 1 is 1.22 bits per heavy atom. The molecule has 1 N–H and O–H groups in total. The number of benzene rings is 1. The molecule has 0 fully saturated rings. The van der Waals surface area contributed by atoms with Crippen LogP contribution in [0, 0.1) is 19.7 Å². The molecule has 0 aliphatic heterocycles. The van der Waals surface area contributed by atoms with Crippen molar-refractivity contribution in [1.82, 2.24) is 10.3 Å². The summed E-state index contributed by atoms with van der Waals surface area (Å²) in [5, 5.41) is 3.13. The Morgan fingerprint density at radius 2 is 1.94 bits per heavy atom. The van der Waals surface area contributed by atoms with Crippen molar-refractivity contribution in [2.24, 2.45) is 0 Å². The molecule has 0 radical (unpaired) electrons. The van der Waals surface area contributed by atoms with Gasteiger partial charge in [-0.2, -0.15) is 0 Å². The second kappa shape index (κ2) is 5.27. The topological polar surface area (TPSA) is 24.9 Å². The predicted molar refractivity (Wildman–Crippen MR) is 71.0 cm³/mol. The highest BCUT2D eigenvalue weighted by Crippen LogP contribution is 2.25. The summed E-state index contributed by atoms with van der Waals surface area (Å²) in [5.74, 6) is -0.210. The molecule has 94 valence electrons. The normalized spacial score (nSPS) is 12.4. The van der Waals surface area contributed by atoms with Crippen LogP contribution in [-0.2, 0) is 0 Å². The Hall–Kier alpha value is -1.74. The van der Waals surface area contributed by atoms with Crippen LogP contribution in [0.5, 0.6) is 0 Å². The molecule has 0 aliphatic rings. The first-order chi connectivity index (χ1) is 8.63. The summed E-state index contributed by atoms with van der Waals surface area (Å²) < 4.78 is 13.9. The molecule has 1 heterocycles. The van der Waals surface area contributed by atoms with Crippen molar-refractivity contribution < 1.29 is 4.39 Å². The van der Waals surface area contributed by atoms with Gasteiger partial charge in [0.1, 0.15) is 5.82 Å². The first-order valence-electron chi connectivity index (χ1n) is 5.98. The van der Waals surface area contributed by atoms with Crippen LogP contribution in [0.3, 0.4) is 0 Å². The molecule has 3 heteroatoms. The summed E-state index contributed by atoms with van der Waals surface area (Å²) >= 11 is 0. The van der Waals surface area contributed by atoms with Crippen LogP contribution in [0.1, 0.15) is 28.4 Å². The first kappa shape index (κ1) is 12.7. The summed E-state index contributed by atoms with van der Waals surface area (Å²) in [5.41, 5.74) is 3.67. The predicted octanol–water partition coefficient (Wildman–Crippen LogP) is 3.15. The minimum absolute atomic E-state index is 0.210. The van der Waals surface area contributed by atoms with Gasteiger partial charge in [0.15, 0.2) is 0 Å². The number of rotatable bonds is 3. The number of nitrogens with one attached hydrogen (secondary N) is 1. The van der Waals surface area contributed by atoms with Gasteiger partial charge in [0.05, 0.1) is 11.7 Å². The van der Waals surface area contributed by atoms with Crippen LogP contribution < -0.4 is 5.32 Å². The van der Waals surface area contributed by atoms with Crippen LogP contribution >= 0.6 is 0 Å². The van der Waals surface area contributed by atoms with Gasteiger partial charge >= 0.3 is 0 Å². The zero-order chi connectivity index (χ0) is 13.1. The molecule has 0 amide bonds. The molecule has 1 unspecified atom stereocenters. The molecule has 0 aliphatic carbocycles. The molecule has 1 aromatic heterocycles. The van der Waals surface area contributed by atoms with Gasteiger partial charge in [-0.25, -0.2) is 4.39 Å². The summed E-state index contributed by atoms with van der Waals surface area (Å²) in [6.07, 6.45) is 1.81. The Morgan fingerprint density at radius 3 is 2.56 bits per heavy atom. The Kier molecular flexibility index (Phi) is 3.72. The molecule has 0 saturated heterocycles. The highest BCUT2D eigenvalue weighted by atomic mass is 19.1. The number of halogens is 1. The fourth-order valence-corrected chi connectivity index (χ4v) is 2.18. The number of hydrogen-bond acceptors (Lipinski definition) is 2. The van der Waals surface area contributed by atoms with E-state index in [4.69, 9.17) is 0 Å². The molecule has 0 saturated carbocycles. The van der Waals surface area contributed by atoms with Crippen molar-refractivity contribution in [2.75, 3.05) is 7.05 Å². The lowest BCUT2D eigenvalue weighted by atomic mass is 9.99. The SMILES string of the molecule is CNC(c1ccccc1F)c1ncc(C)cc1C. The van der Waals surface area contributed by atoms with Gasteiger partial charge in [-0.1, -0.05) is 24.3 Å². The van der Waals surface area contributed by atoms with Crippen LogP contribution in [0.25, 0.3) is 0 Å². The number of hydrogen-bond donors (Lipinski definition) is 1. The lowest BCUT2D eigenvalue weighted by molar-refractivity contribution is 0.569. The maximum Gasteiger partial charge on any atom is 0.128 e. The molecule has 18 heavy (non-hydrogen) atoms. The zero-order valence-electron chi connectivity index (χ0n) is 10.9. The number of pyridine rings is 1. The van der Waals surface area contributed by atoms with E-state index in [0.29, 0.717) is 5.56 Å². The molecular weight excluding hydrogens is 227 g/mol. The highest BCUT2D eigenvalue weighted by molar-refractivity contribution is 5.34. The minimum atomic E-state index is -0.216. The quantitative estimate of drug-likeness (QED) is 0.897. The summed E-state index contributed by atoms with van der Waals surface area (Å²) in [4.78, 5) is 4.44. The first-order valence-corrected chi connectivity index (χ1v) is 5.98. The summed E-state index contributed by atoms with van der Waals surface area (Å²) in [6, 6.07) is 8.65. The van der Waals surface area contributed by atoms with Gasteiger partial charge in [-0.15, -0.1) is 0 Å². The van der Waals surface area contributed by atoms with E-state index >= 15 is 0 Å². The van der Waals surface area contributed by atoms with Gasteiger partial charge in [-0.3, -0.25) is 4.98 Å². The van der Waals surface area contributed by atoms with Gasteiger partial charge in [0, 0.05) is 11.8 Å². The van der Waals surface area contributed by atoms with Gasteiger partial charge in [0.25, 0.3) is 0 Å². The number of aromatic nitrogens is 1. The van der Waals surface area contributed by atoms with E-state index in [2.05, 4.69) is 16.4 Å². The van der Waals surface area contributed by atoms with E-state index in [1.807, 2.05) is 33.2 Å². The molecule has 0 spiro atoms. The van der Waals surface area contributed by atoms with Crippen molar-refractivity contribution in [3.8, 4) is 0 Å². The van der Waals surface area contributed by atoms with Crippen molar-refractivity contribution >= 4 is 0 Å². The molecule has 2 aromatic rings. The summed E-state index contributed by atoms with van der Waals surface area (Å²) in [6.45, 7) is 4.00. The fourth-order valence-electron chi connectivity index (χ4n) is 2.18. The number of aryl methyl sites for hydroxylation is 2. The third kappa shape index (κ3) is 2.41. The van der Waals surface area contributed by atoms with E-state index in [0.717, 1.165) is 16.8 Å². The average molecular weight is 244 g/mol. The molecule has 1 aromatic carbocycles. The Balaban J connectivity index is 2.49. The van der Waals surface area contributed by atoms with Gasteiger partial charge in [-0.05, 0) is 38.1 Å². The van der Waals surface area contributed by atoms with Crippen LogP contribution in [0.4, 0.5) is 4.39 Å². The van der Waals surface area contributed by atoms with Crippen LogP contribution in [-0.4, -0.2) is 12.0 Å². The standard InChI is InChI=1S/C15H17FN2/c1-10-8-11(2)14(18-9-10)15(17-3)12-6-4-5-7-13(12)16/h4-9,15,17H,1-3H3. The Labute approximate surface area is 107 Å². The van der Waals surface area contributed by atoms with E-state index in [-0.39, 0.29) is 11.9 Å². The minimum Gasteiger partial charge on any atom is -0.308 e.